The maximum Gasteiger partial charge on any atom is 0.451 e. The van der Waals surface area contributed by atoms with Crippen molar-refractivity contribution in [3.05, 3.63) is 11.6 Å². The van der Waals surface area contributed by atoms with E-state index in [9.17, 15) is 22.8 Å². The van der Waals surface area contributed by atoms with Crippen LogP contribution in [0.4, 0.5) is 13.2 Å². The molecular formula is C11H15F3N6O2. The summed E-state index contributed by atoms with van der Waals surface area (Å²) in [6.45, 7) is -0.102. The van der Waals surface area contributed by atoms with E-state index < -0.39 is 29.9 Å². The molecule has 0 saturated heterocycles. The summed E-state index contributed by atoms with van der Waals surface area (Å²) in [4.78, 5) is 24.1. The van der Waals surface area contributed by atoms with Gasteiger partial charge in [0, 0.05) is 19.5 Å². The summed E-state index contributed by atoms with van der Waals surface area (Å²) in [5.74, 6) is -2.05. The molecule has 0 aliphatic carbocycles. The molecule has 8 nitrogen and oxygen atoms in total. The summed E-state index contributed by atoms with van der Waals surface area (Å²) in [7, 11) is 0. The number of hydrogen-bond acceptors (Lipinski definition) is 5. The van der Waals surface area contributed by atoms with E-state index in [0.717, 1.165) is 4.57 Å². The van der Waals surface area contributed by atoms with Crippen molar-refractivity contribution in [1.82, 2.24) is 19.7 Å². The zero-order valence-electron chi connectivity index (χ0n) is 11.5. The van der Waals surface area contributed by atoms with Crippen molar-refractivity contribution in [2.24, 2.45) is 11.5 Å². The monoisotopic (exact) mass is 320 g/mol. The number of primary amides is 1. The van der Waals surface area contributed by atoms with E-state index >= 15 is 0 Å². The van der Waals surface area contributed by atoms with E-state index in [1.54, 1.807) is 0 Å². The molecule has 1 atom stereocenters. The van der Waals surface area contributed by atoms with Crippen LogP contribution in [0.25, 0.3) is 0 Å². The van der Waals surface area contributed by atoms with Crippen LogP contribution in [-0.4, -0.2) is 44.1 Å². The van der Waals surface area contributed by atoms with Gasteiger partial charge in [-0.2, -0.15) is 13.2 Å². The highest BCUT2D eigenvalue weighted by molar-refractivity contribution is 5.82. The van der Waals surface area contributed by atoms with Gasteiger partial charge in [0.25, 0.3) is 0 Å². The highest BCUT2D eigenvalue weighted by Crippen LogP contribution is 2.29. The molecule has 2 heterocycles. The van der Waals surface area contributed by atoms with Gasteiger partial charge < -0.3 is 20.9 Å². The number of carbonyl (C=O) groups excluding carboxylic acids is 2. The fourth-order valence-electron chi connectivity index (χ4n) is 2.21. The normalized spacial score (nSPS) is 16.3. The van der Waals surface area contributed by atoms with Gasteiger partial charge in [0.1, 0.15) is 0 Å². The summed E-state index contributed by atoms with van der Waals surface area (Å²) in [5, 5.41) is 6.60. The van der Waals surface area contributed by atoms with Crippen LogP contribution in [0, 0.1) is 0 Å². The largest absolute Gasteiger partial charge is 0.451 e. The Labute approximate surface area is 123 Å². The van der Waals surface area contributed by atoms with Crippen molar-refractivity contribution < 1.29 is 22.8 Å². The maximum absolute atomic E-state index is 12.7. The number of hydrogen-bond donors (Lipinski definition) is 2. The average Bonchev–Trinajstić information content (AvgIpc) is 2.86. The zero-order chi connectivity index (χ0) is 16.5. The first-order chi connectivity index (χ1) is 10.2. The van der Waals surface area contributed by atoms with Gasteiger partial charge in [-0.3, -0.25) is 9.59 Å². The van der Waals surface area contributed by atoms with E-state index in [4.69, 9.17) is 11.5 Å². The smallest absolute Gasteiger partial charge is 0.370 e. The van der Waals surface area contributed by atoms with Crippen LogP contribution >= 0.6 is 0 Å². The molecule has 0 aromatic carbocycles. The third kappa shape index (κ3) is 3.35. The van der Waals surface area contributed by atoms with Gasteiger partial charge in [0.2, 0.25) is 17.6 Å². The number of rotatable bonds is 4. The van der Waals surface area contributed by atoms with Crippen molar-refractivity contribution in [1.29, 1.82) is 0 Å². The van der Waals surface area contributed by atoms with Crippen LogP contribution in [0.15, 0.2) is 0 Å². The number of fused-ring (bicyclic) bond motifs is 1. The van der Waals surface area contributed by atoms with E-state index in [2.05, 4.69) is 10.2 Å². The van der Waals surface area contributed by atoms with Crippen LogP contribution < -0.4 is 11.5 Å². The number of halogens is 3. The lowest BCUT2D eigenvalue weighted by atomic mass is 10.1. The molecule has 1 aliphatic rings. The van der Waals surface area contributed by atoms with Gasteiger partial charge in [-0.15, -0.1) is 10.2 Å². The number of nitrogens with two attached hydrogens (primary N) is 2. The van der Waals surface area contributed by atoms with Crippen molar-refractivity contribution in [2.75, 3.05) is 6.54 Å². The van der Waals surface area contributed by atoms with Crippen LogP contribution in [-0.2, 0) is 28.9 Å². The second-order valence-electron chi connectivity index (χ2n) is 4.96. The first-order valence-corrected chi connectivity index (χ1v) is 6.52. The molecule has 0 unspecified atom stereocenters. The van der Waals surface area contributed by atoms with Gasteiger partial charge in [-0.25, -0.2) is 0 Å². The van der Waals surface area contributed by atoms with E-state index in [1.807, 2.05) is 0 Å². The molecular weight excluding hydrogens is 305 g/mol. The molecule has 11 heteroatoms. The molecule has 2 rings (SSSR count). The van der Waals surface area contributed by atoms with E-state index in [-0.39, 0.29) is 38.3 Å². The summed E-state index contributed by atoms with van der Waals surface area (Å²) >= 11 is 0. The lowest BCUT2D eigenvalue weighted by Crippen LogP contribution is -2.47. The molecule has 0 bridgehead atoms. The van der Waals surface area contributed by atoms with Gasteiger partial charge in [-0.05, 0) is 6.42 Å². The molecule has 2 amide bonds. The second kappa shape index (κ2) is 5.91. The average molecular weight is 320 g/mol. The van der Waals surface area contributed by atoms with Gasteiger partial charge in [0.05, 0.1) is 12.6 Å². The molecule has 0 spiro atoms. The Morgan fingerprint density at radius 3 is 2.55 bits per heavy atom. The highest BCUT2D eigenvalue weighted by Gasteiger charge is 2.40. The highest BCUT2D eigenvalue weighted by atomic mass is 19.4. The topological polar surface area (TPSA) is 120 Å². The van der Waals surface area contributed by atoms with Crippen LogP contribution in [0.3, 0.4) is 0 Å². The minimum atomic E-state index is -4.59. The lowest BCUT2D eigenvalue weighted by Gasteiger charge is -2.30. The van der Waals surface area contributed by atoms with Crippen molar-refractivity contribution in [2.45, 2.75) is 38.1 Å². The van der Waals surface area contributed by atoms with Crippen LogP contribution in [0.2, 0.25) is 0 Å². The van der Waals surface area contributed by atoms with E-state index in [1.165, 1.54) is 4.90 Å². The Balaban J connectivity index is 2.05. The Kier molecular flexibility index (Phi) is 4.35. The van der Waals surface area contributed by atoms with Crippen molar-refractivity contribution >= 4 is 11.8 Å². The molecule has 1 aromatic heterocycles. The van der Waals surface area contributed by atoms with Crippen LogP contribution in [0.1, 0.15) is 24.5 Å². The Morgan fingerprint density at radius 1 is 1.27 bits per heavy atom. The molecule has 0 radical (unpaired) electrons. The first kappa shape index (κ1) is 16.2. The Morgan fingerprint density at radius 2 is 1.95 bits per heavy atom. The summed E-state index contributed by atoms with van der Waals surface area (Å²) in [5.41, 5.74) is 10.6. The standard InChI is InChI=1S/C11H15F3N6O2/c12-11(13,14)10-18-17-8-5-19(3-4-20(8)10)9(22)6(15)1-2-7(16)21/h6H,1-5,15H2,(H2,16,21)/t6-/m0/s1. The number of nitrogens with zero attached hydrogens (tertiary/aromatic N) is 4. The third-order valence-electron chi connectivity index (χ3n) is 3.34. The van der Waals surface area contributed by atoms with Crippen LogP contribution in [0.5, 0.6) is 0 Å². The number of alkyl halides is 3. The Hall–Kier alpha value is -2.17. The molecule has 0 saturated carbocycles. The van der Waals surface area contributed by atoms with Gasteiger partial charge in [0.15, 0.2) is 5.82 Å². The molecule has 22 heavy (non-hydrogen) atoms. The molecule has 1 aromatic rings. The quantitative estimate of drug-likeness (QED) is 0.755. The zero-order valence-corrected chi connectivity index (χ0v) is 11.5. The third-order valence-corrected chi connectivity index (χ3v) is 3.34. The minimum Gasteiger partial charge on any atom is -0.370 e. The summed E-state index contributed by atoms with van der Waals surface area (Å²) < 4.78 is 39.0. The van der Waals surface area contributed by atoms with Crippen molar-refractivity contribution in [3.8, 4) is 0 Å². The first-order valence-electron chi connectivity index (χ1n) is 6.52. The number of carbonyl (C=O) groups is 2. The molecule has 0 fully saturated rings. The predicted octanol–water partition coefficient (Wildman–Crippen LogP) is -0.768. The minimum absolute atomic E-state index is 0.0326. The predicted molar refractivity (Wildman–Crippen MR) is 66.8 cm³/mol. The summed E-state index contributed by atoms with van der Waals surface area (Å²) in [6.07, 6.45) is -4.53. The molecule has 122 valence electrons. The maximum atomic E-state index is 12.7. The molecule has 4 N–H and O–H groups in total. The second-order valence-corrected chi connectivity index (χ2v) is 4.96. The fraction of sp³-hybridized carbons (Fsp3) is 0.636. The number of amides is 2. The SMILES string of the molecule is NC(=O)CC[C@H](N)C(=O)N1CCn2c(nnc2C(F)(F)F)C1. The van der Waals surface area contributed by atoms with Crippen molar-refractivity contribution in [3.63, 3.8) is 0 Å². The summed E-state index contributed by atoms with van der Waals surface area (Å²) in [6, 6.07) is -0.927. The van der Waals surface area contributed by atoms with Gasteiger partial charge in [-0.1, -0.05) is 0 Å². The Bertz CT molecular complexity index is 585. The molecule has 1 aliphatic heterocycles. The lowest BCUT2D eigenvalue weighted by molar-refractivity contribution is -0.148. The number of aromatic nitrogens is 3. The fourth-order valence-corrected chi connectivity index (χ4v) is 2.21. The van der Waals surface area contributed by atoms with E-state index in [0.29, 0.717) is 0 Å². The van der Waals surface area contributed by atoms with Gasteiger partial charge >= 0.3 is 6.18 Å².